The molecular formula is C30H41N3O4. The summed E-state index contributed by atoms with van der Waals surface area (Å²) in [4.78, 5) is 32.8. The lowest BCUT2D eigenvalue weighted by molar-refractivity contribution is -0.160. The van der Waals surface area contributed by atoms with Gasteiger partial charge in [-0.2, -0.15) is 0 Å². The number of amides is 2. The molecule has 1 unspecified atom stereocenters. The molecule has 1 atom stereocenters. The number of rotatable bonds is 5. The van der Waals surface area contributed by atoms with Crippen molar-refractivity contribution in [1.29, 1.82) is 0 Å². The smallest absolute Gasteiger partial charge is 0.337 e. The van der Waals surface area contributed by atoms with Crippen LogP contribution in [-0.2, 0) is 16.0 Å². The third-order valence-corrected chi connectivity index (χ3v) is 7.50. The van der Waals surface area contributed by atoms with Crippen LogP contribution in [0.1, 0.15) is 93.3 Å². The number of pyridine rings is 1. The molecule has 1 aliphatic heterocycles. The Bertz CT molecular complexity index is 1180. The van der Waals surface area contributed by atoms with Gasteiger partial charge >= 0.3 is 12.0 Å². The van der Waals surface area contributed by atoms with Crippen LogP contribution in [0.4, 0.5) is 10.6 Å². The lowest BCUT2D eigenvalue weighted by Gasteiger charge is -2.35. The van der Waals surface area contributed by atoms with Crippen LogP contribution in [0, 0.1) is 20.8 Å². The normalized spacial score (nSPS) is 17.3. The van der Waals surface area contributed by atoms with E-state index in [1.165, 1.54) is 12.0 Å². The highest BCUT2D eigenvalue weighted by molar-refractivity contribution is 5.94. The topological polar surface area (TPSA) is 91.8 Å². The van der Waals surface area contributed by atoms with Crippen LogP contribution >= 0.6 is 0 Å². The molecule has 0 saturated heterocycles. The number of benzene rings is 1. The summed E-state index contributed by atoms with van der Waals surface area (Å²) >= 11 is 0. The standard InChI is InChI=1S/C30H41N3O4/c1-18-14-15-21(17-19(18)2)24-20(3)31-27-23(25(24)26(28(34)35)37-30(4,5)6)13-10-16-33(27)29(36)32-22-11-8-7-9-12-22/h14-15,17,22,26H,7-13,16H2,1-6H3,(H,32,36)(H,34,35). The Kier molecular flexibility index (Phi) is 7.93. The largest absolute Gasteiger partial charge is 0.479 e. The fourth-order valence-electron chi connectivity index (χ4n) is 5.57. The van der Waals surface area contributed by atoms with Gasteiger partial charge in [-0.05, 0) is 83.9 Å². The highest BCUT2D eigenvalue weighted by atomic mass is 16.5. The van der Waals surface area contributed by atoms with E-state index in [0.717, 1.165) is 54.4 Å². The third-order valence-electron chi connectivity index (χ3n) is 7.50. The molecule has 0 spiro atoms. The molecule has 1 aromatic heterocycles. The number of aromatic nitrogens is 1. The number of nitrogens with one attached hydrogen (secondary N) is 1. The fraction of sp³-hybridized carbons (Fsp3) is 0.567. The minimum absolute atomic E-state index is 0.145. The zero-order valence-electron chi connectivity index (χ0n) is 23.1. The number of nitrogens with zero attached hydrogens (tertiary/aromatic N) is 2. The van der Waals surface area contributed by atoms with Gasteiger partial charge in [0.2, 0.25) is 0 Å². The number of urea groups is 1. The van der Waals surface area contributed by atoms with Gasteiger partial charge in [-0.25, -0.2) is 14.6 Å². The first kappa shape index (κ1) is 27.1. The van der Waals surface area contributed by atoms with Gasteiger partial charge in [-0.1, -0.05) is 37.5 Å². The number of hydrogen-bond donors (Lipinski definition) is 2. The van der Waals surface area contributed by atoms with Crippen LogP contribution in [-0.4, -0.2) is 40.3 Å². The van der Waals surface area contributed by atoms with Gasteiger partial charge in [0.15, 0.2) is 6.10 Å². The van der Waals surface area contributed by atoms with Crippen molar-refractivity contribution in [1.82, 2.24) is 10.3 Å². The molecule has 0 radical (unpaired) electrons. The van der Waals surface area contributed by atoms with Crippen molar-refractivity contribution in [2.24, 2.45) is 0 Å². The van der Waals surface area contributed by atoms with Gasteiger partial charge in [-0.15, -0.1) is 0 Å². The molecule has 1 fully saturated rings. The summed E-state index contributed by atoms with van der Waals surface area (Å²) in [6, 6.07) is 6.19. The molecule has 2 aromatic rings. The molecule has 2 heterocycles. The number of carbonyl (C=O) groups is 2. The number of anilines is 1. The van der Waals surface area contributed by atoms with E-state index >= 15 is 0 Å². The molecule has 1 saturated carbocycles. The first-order valence-corrected chi connectivity index (χ1v) is 13.6. The highest BCUT2D eigenvalue weighted by Crippen LogP contribution is 2.42. The number of fused-ring (bicyclic) bond motifs is 1. The minimum atomic E-state index is -1.19. The number of aryl methyl sites for hydroxylation is 3. The molecular weight excluding hydrogens is 466 g/mol. The number of aliphatic carboxylic acids is 1. The van der Waals surface area contributed by atoms with Crippen molar-refractivity contribution in [3.63, 3.8) is 0 Å². The molecule has 2 aliphatic rings. The van der Waals surface area contributed by atoms with Gasteiger partial charge in [-0.3, -0.25) is 4.90 Å². The maximum atomic E-state index is 13.4. The van der Waals surface area contributed by atoms with E-state index in [1.807, 2.05) is 33.8 Å². The van der Waals surface area contributed by atoms with E-state index in [2.05, 4.69) is 31.3 Å². The van der Waals surface area contributed by atoms with Crippen molar-refractivity contribution in [2.45, 2.75) is 104 Å². The lowest BCUT2D eigenvalue weighted by Crippen LogP contribution is -2.48. The van der Waals surface area contributed by atoms with Gasteiger partial charge in [0.1, 0.15) is 5.82 Å². The Morgan fingerprint density at radius 3 is 2.41 bits per heavy atom. The van der Waals surface area contributed by atoms with Gasteiger partial charge in [0, 0.05) is 35.0 Å². The molecule has 7 heteroatoms. The SMILES string of the molecule is Cc1ccc(-c2c(C)nc3c(c2C(OC(C)(C)C)C(=O)O)CCCN3C(=O)NC2CCCCC2)cc1C. The number of hydrogen-bond acceptors (Lipinski definition) is 4. The van der Waals surface area contributed by atoms with Gasteiger partial charge < -0.3 is 15.2 Å². The predicted molar refractivity (Wildman–Crippen MR) is 146 cm³/mol. The Balaban J connectivity index is 1.88. The summed E-state index contributed by atoms with van der Waals surface area (Å²) in [7, 11) is 0. The lowest BCUT2D eigenvalue weighted by atomic mass is 9.86. The summed E-state index contributed by atoms with van der Waals surface area (Å²) < 4.78 is 6.19. The molecule has 7 nitrogen and oxygen atoms in total. The molecule has 2 amide bonds. The van der Waals surface area contributed by atoms with Crippen LogP contribution in [0.2, 0.25) is 0 Å². The van der Waals surface area contributed by atoms with E-state index in [0.29, 0.717) is 30.0 Å². The van der Waals surface area contributed by atoms with Gasteiger partial charge in [0.25, 0.3) is 0 Å². The quantitative estimate of drug-likeness (QED) is 0.488. The van der Waals surface area contributed by atoms with Crippen LogP contribution in [0.25, 0.3) is 11.1 Å². The molecule has 37 heavy (non-hydrogen) atoms. The van der Waals surface area contributed by atoms with E-state index < -0.39 is 17.7 Å². The van der Waals surface area contributed by atoms with Crippen LogP contribution < -0.4 is 10.2 Å². The molecule has 2 N–H and O–H groups in total. The average molecular weight is 508 g/mol. The van der Waals surface area contributed by atoms with E-state index in [4.69, 9.17) is 9.72 Å². The molecule has 4 rings (SSSR count). The van der Waals surface area contributed by atoms with Crippen LogP contribution in [0.3, 0.4) is 0 Å². The van der Waals surface area contributed by atoms with Crippen LogP contribution in [0.5, 0.6) is 0 Å². The highest BCUT2D eigenvalue weighted by Gasteiger charge is 2.37. The maximum absolute atomic E-state index is 13.4. The first-order valence-electron chi connectivity index (χ1n) is 13.6. The second kappa shape index (κ2) is 10.8. The van der Waals surface area contributed by atoms with Crippen molar-refractivity contribution in [3.8, 4) is 11.1 Å². The van der Waals surface area contributed by atoms with Crippen molar-refractivity contribution in [3.05, 3.63) is 46.1 Å². The molecule has 200 valence electrons. The van der Waals surface area contributed by atoms with E-state index in [1.54, 1.807) is 4.90 Å². The number of carboxylic acids is 1. The molecule has 0 bridgehead atoms. The number of carbonyl (C=O) groups excluding carboxylic acids is 1. The predicted octanol–water partition coefficient (Wildman–Crippen LogP) is 6.41. The zero-order valence-corrected chi connectivity index (χ0v) is 23.1. The Hall–Kier alpha value is -2.93. The Morgan fingerprint density at radius 2 is 1.78 bits per heavy atom. The van der Waals surface area contributed by atoms with Crippen LogP contribution in [0.15, 0.2) is 18.2 Å². The van der Waals surface area contributed by atoms with Crippen molar-refractivity contribution in [2.75, 3.05) is 11.4 Å². The summed E-state index contributed by atoms with van der Waals surface area (Å²) in [5.41, 5.74) is 5.41. The fourth-order valence-corrected chi connectivity index (χ4v) is 5.57. The first-order chi connectivity index (χ1) is 17.5. The average Bonchev–Trinajstić information content (AvgIpc) is 2.83. The summed E-state index contributed by atoms with van der Waals surface area (Å²) in [5, 5.41) is 13.6. The van der Waals surface area contributed by atoms with Crippen molar-refractivity contribution < 1.29 is 19.4 Å². The second-order valence-electron chi connectivity index (χ2n) is 11.6. The maximum Gasteiger partial charge on any atom is 0.337 e. The summed E-state index contributed by atoms with van der Waals surface area (Å²) in [6.07, 6.45) is 5.66. The molecule has 1 aliphatic carbocycles. The summed E-state index contributed by atoms with van der Waals surface area (Å²) in [6.45, 7) is 12.2. The Labute approximate surface area is 220 Å². The Morgan fingerprint density at radius 1 is 1.08 bits per heavy atom. The zero-order chi connectivity index (χ0) is 26.9. The monoisotopic (exact) mass is 507 g/mol. The number of ether oxygens (including phenoxy) is 1. The second-order valence-corrected chi connectivity index (χ2v) is 11.6. The minimum Gasteiger partial charge on any atom is -0.479 e. The van der Waals surface area contributed by atoms with Gasteiger partial charge in [0.05, 0.1) is 5.60 Å². The van der Waals surface area contributed by atoms with Crippen molar-refractivity contribution >= 4 is 17.8 Å². The van der Waals surface area contributed by atoms with E-state index in [-0.39, 0.29) is 12.1 Å². The third kappa shape index (κ3) is 5.98. The van der Waals surface area contributed by atoms with E-state index in [9.17, 15) is 14.7 Å². The molecule has 1 aromatic carbocycles. The number of carboxylic acid groups (broad SMARTS) is 1. The summed E-state index contributed by atoms with van der Waals surface area (Å²) in [5.74, 6) is -0.486.